The molecule has 0 saturated carbocycles. The van der Waals surface area contributed by atoms with Crippen LogP contribution in [0.1, 0.15) is 97.3 Å². The van der Waals surface area contributed by atoms with E-state index >= 15 is 0 Å². The highest BCUT2D eigenvalue weighted by molar-refractivity contribution is 6.08. The van der Waals surface area contributed by atoms with E-state index in [4.69, 9.17) is 18.9 Å². The molecule has 6 aromatic rings. The fourth-order valence-corrected chi connectivity index (χ4v) is 9.81. The number of nitrogens with one attached hydrogen (secondary N) is 6. The molecule has 0 radical (unpaired) electrons. The van der Waals surface area contributed by atoms with Crippen LogP contribution in [0, 0.1) is 11.6 Å². The number of hydrogen-bond acceptors (Lipinski definition) is 12. The summed E-state index contributed by atoms with van der Waals surface area (Å²) in [6, 6.07) is 12.9. The number of amides is 2. The van der Waals surface area contributed by atoms with E-state index in [1.165, 1.54) is 78.1 Å². The van der Waals surface area contributed by atoms with Crippen LogP contribution in [0.3, 0.4) is 0 Å². The number of benzene rings is 2. The lowest BCUT2D eigenvalue weighted by Crippen LogP contribution is -2.36. The molecule has 2 aromatic carbocycles. The smallest absolute Gasteiger partial charge is 0.255 e. The van der Waals surface area contributed by atoms with E-state index in [1.807, 2.05) is 19.9 Å². The number of methoxy groups -OCH3 is 4. The molecule has 1 atom stereocenters. The van der Waals surface area contributed by atoms with Crippen molar-refractivity contribution >= 4 is 34.6 Å². The van der Waals surface area contributed by atoms with Gasteiger partial charge < -0.3 is 60.0 Å². The largest absolute Gasteiger partial charge is 0.494 e. The molecule has 4 aliphatic heterocycles. The lowest BCUT2D eigenvalue weighted by atomic mass is 9.93. The van der Waals surface area contributed by atoms with Crippen molar-refractivity contribution in [3.05, 3.63) is 107 Å². The maximum absolute atomic E-state index is 14.5. The van der Waals surface area contributed by atoms with Crippen molar-refractivity contribution in [2.75, 3.05) is 91.4 Å². The Labute approximate surface area is 427 Å². The molecule has 4 aliphatic rings. The third-order valence-corrected chi connectivity index (χ3v) is 13.3. The van der Waals surface area contributed by atoms with Gasteiger partial charge in [0.15, 0.2) is 23.1 Å². The van der Waals surface area contributed by atoms with Gasteiger partial charge in [0, 0.05) is 60.3 Å². The predicted molar refractivity (Wildman–Crippen MR) is 282 cm³/mol. The number of carbonyl (C=O) groups is 2. The van der Waals surface area contributed by atoms with Crippen molar-refractivity contribution in [3.8, 4) is 45.5 Å². The van der Waals surface area contributed by atoms with Crippen LogP contribution < -0.4 is 40.2 Å². The fraction of sp³-hybridized carbons (Fsp3) is 0.418. The van der Waals surface area contributed by atoms with Crippen molar-refractivity contribution in [1.29, 1.82) is 0 Å². The van der Waals surface area contributed by atoms with Gasteiger partial charge in [-0.25, -0.2) is 8.78 Å². The van der Waals surface area contributed by atoms with Gasteiger partial charge in [-0.3, -0.25) is 19.6 Å². The summed E-state index contributed by atoms with van der Waals surface area (Å²) in [6.45, 7) is 14.6. The molecule has 2 saturated heterocycles. The number of aromatic amines is 2. The second-order valence-corrected chi connectivity index (χ2v) is 17.7. The van der Waals surface area contributed by atoms with E-state index in [0.29, 0.717) is 76.3 Å². The molecule has 390 valence electrons. The van der Waals surface area contributed by atoms with Crippen LogP contribution in [0.4, 0.5) is 31.5 Å². The van der Waals surface area contributed by atoms with Crippen molar-refractivity contribution in [2.24, 2.45) is 0 Å². The highest BCUT2D eigenvalue weighted by atomic mass is 19.1. The predicted octanol–water partition coefficient (Wildman–Crippen LogP) is 10.1. The van der Waals surface area contributed by atoms with E-state index in [2.05, 4.69) is 57.9 Å². The van der Waals surface area contributed by atoms with Gasteiger partial charge in [0.1, 0.15) is 11.5 Å². The van der Waals surface area contributed by atoms with Crippen molar-refractivity contribution in [1.82, 2.24) is 40.4 Å². The first-order valence-electron chi connectivity index (χ1n) is 25.3. The van der Waals surface area contributed by atoms with Crippen LogP contribution in [0.15, 0.2) is 73.3 Å². The normalized spacial score (nSPS) is 15.9. The number of hydrogen-bond donors (Lipinski definition) is 6. The Kier molecular flexibility index (Phi) is 19.1. The van der Waals surface area contributed by atoms with Gasteiger partial charge in [0.05, 0.1) is 86.1 Å². The Morgan fingerprint density at radius 1 is 0.658 bits per heavy atom. The average Bonchev–Trinajstić information content (AvgIpc) is 4.27. The molecule has 0 spiro atoms. The van der Waals surface area contributed by atoms with Crippen LogP contribution in [0.25, 0.3) is 22.5 Å². The zero-order valence-corrected chi connectivity index (χ0v) is 43.1. The van der Waals surface area contributed by atoms with E-state index in [0.717, 1.165) is 48.6 Å². The minimum atomic E-state index is -0.496. The van der Waals surface area contributed by atoms with E-state index in [1.54, 1.807) is 69.3 Å². The highest BCUT2D eigenvalue weighted by Gasteiger charge is 2.34. The van der Waals surface area contributed by atoms with Crippen molar-refractivity contribution in [2.45, 2.75) is 71.6 Å². The lowest BCUT2D eigenvalue weighted by Gasteiger charge is -2.25. The van der Waals surface area contributed by atoms with Gasteiger partial charge in [-0.05, 0) is 114 Å². The highest BCUT2D eigenvalue weighted by Crippen LogP contribution is 2.45. The topological polar surface area (TPSA) is 183 Å². The summed E-state index contributed by atoms with van der Waals surface area (Å²) >= 11 is 0. The van der Waals surface area contributed by atoms with Gasteiger partial charge in [-0.2, -0.15) is 0 Å². The maximum atomic E-state index is 14.5. The molecular weight excluding hydrogens is 935 g/mol. The number of anilines is 4. The van der Waals surface area contributed by atoms with Crippen LogP contribution in [0.2, 0.25) is 0 Å². The standard InChI is InChI=1S/C26H30FN5O3.C20H19FN4O3.C7H15N.C2H6/c1-34-20-15-28-10-8-17(20)23-24(30-19-7-5-6-18(27)25(19)35-2)21-22(31-23)16(14-29-26(21)33)9-13-32-11-3-4-12-32;1-27-15-10-22-8-6-11(15)17-18(16-13(24-17)7-9-23-20(16)26)25-14-5-3-4-12(21)19(14)28-2;1-2-5-8-6-3-4-7-8;1-2/h5-8,10,15-16,30-31H,3-4,9,11-14H2,1-2H3,(H,29,33);3-6,8,10,24-25H,7,9H2,1-2H3,(H,23,26);2-7H2,1H3;1-2H3/t16-;;;/m0.../s1. The first-order chi connectivity index (χ1) is 35.7. The van der Waals surface area contributed by atoms with Gasteiger partial charge in [0.2, 0.25) is 0 Å². The Morgan fingerprint density at radius 2 is 1.16 bits per heavy atom. The minimum Gasteiger partial charge on any atom is -0.494 e. The minimum absolute atomic E-state index is 0.0707. The van der Waals surface area contributed by atoms with Gasteiger partial charge >= 0.3 is 0 Å². The van der Waals surface area contributed by atoms with Crippen molar-refractivity contribution < 1.29 is 37.3 Å². The molecule has 8 heterocycles. The monoisotopic (exact) mass is 1000 g/mol. The number of para-hydroxylation sites is 2. The van der Waals surface area contributed by atoms with Crippen LogP contribution >= 0.6 is 0 Å². The second kappa shape index (κ2) is 26.0. The number of nitrogens with zero attached hydrogens (tertiary/aromatic N) is 4. The number of likely N-dealkylation sites (tertiary alicyclic amines) is 2. The Hall–Kier alpha value is -7.18. The van der Waals surface area contributed by atoms with Crippen LogP contribution in [-0.4, -0.2) is 122 Å². The molecule has 4 aromatic heterocycles. The molecule has 2 fully saturated rings. The molecular formula is C55H70F2N10O6. The summed E-state index contributed by atoms with van der Waals surface area (Å²) < 4.78 is 50.1. The third-order valence-electron chi connectivity index (χ3n) is 13.3. The Bertz CT molecular complexity index is 2790. The SMILES string of the molecule is CC.CCCN1CCCC1.COc1cnccc1-c1[nH]c2c(c1Nc1cccc(F)c1OC)C(=O)NCC2.COc1cnccc1-c1[nH]c2c(c1Nc1cccc(F)c1OC)C(=O)NC[C@@H]2CCN1CCCC1. The zero-order chi connectivity index (χ0) is 51.9. The molecule has 73 heavy (non-hydrogen) atoms. The number of aromatic nitrogens is 4. The number of pyridine rings is 2. The Morgan fingerprint density at radius 3 is 1.68 bits per heavy atom. The van der Waals surface area contributed by atoms with E-state index in [-0.39, 0.29) is 29.2 Å². The van der Waals surface area contributed by atoms with Crippen molar-refractivity contribution in [3.63, 3.8) is 0 Å². The zero-order valence-electron chi connectivity index (χ0n) is 43.1. The summed E-state index contributed by atoms with van der Waals surface area (Å²) in [7, 11) is 5.95. The van der Waals surface area contributed by atoms with Crippen LogP contribution in [-0.2, 0) is 6.42 Å². The number of ether oxygens (including phenoxy) is 4. The summed E-state index contributed by atoms with van der Waals surface area (Å²) in [4.78, 5) is 45.9. The maximum Gasteiger partial charge on any atom is 0.255 e. The number of halogens is 2. The molecule has 0 aliphatic carbocycles. The summed E-state index contributed by atoms with van der Waals surface area (Å²) in [6.07, 6.45) is 14.8. The number of H-pyrrole nitrogens is 2. The van der Waals surface area contributed by atoms with Gasteiger partial charge in [-0.15, -0.1) is 0 Å². The Balaban J connectivity index is 0.000000183. The first kappa shape index (κ1) is 53.6. The fourth-order valence-electron chi connectivity index (χ4n) is 9.81. The number of fused-ring (bicyclic) bond motifs is 2. The van der Waals surface area contributed by atoms with E-state index in [9.17, 15) is 18.4 Å². The first-order valence-corrected chi connectivity index (χ1v) is 25.3. The van der Waals surface area contributed by atoms with Crippen LogP contribution in [0.5, 0.6) is 23.0 Å². The number of rotatable bonds is 15. The molecule has 16 nitrogen and oxygen atoms in total. The quantitative estimate of drug-likeness (QED) is 0.0574. The molecule has 18 heteroatoms. The summed E-state index contributed by atoms with van der Waals surface area (Å²) in [5.74, 6) is 0.0333. The molecule has 10 rings (SSSR count). The molecule has 0 bridgehead atoms. The molecule has 0 unspecified atom stereocenters. The number of carbonyl (C=O) groups excluding carboxylic acids is 2. The van der Waals surface area contributed by atoms with Gasteiger partial charge in [-0.1, -0.05) is 32.9 Å². The molecule has 6 N–H and O–H groups in total. The van der Waals surface area contributed by atoms with Gasteiger partial charge in [0.25, 0.3) is 11.8 Å². The third kappa shape index (κ3) is 12.4. The summed E-state index contributed by atoms with van der Waals surface area (Å²) in [5.41, 5.74) is 7.45. The second-order valence-electron chi connectivity index (χ2n) is 17.7. The molecule has 2 amide bonds. The van der Waals surface area contributed by atoms with E-state index < -0.39 is 11.6 Å². The average molecular weight is 1010 g/mol. The summed E-state index contributed by atoms with van der Waals surface area (Å²) in [5, 5.41) is 12.4. The lowest BCUT2D eigenvalue weighted by molar-refractivity contribution is 0.0933.